The molecule has 1 atom stereocenters. The number of imidazole rings is 1. The molecular weight excluding hydrogens is 258 g/mol. The van der Waals surface area contributed by atoms with Gasteiger partial charge in [-0.3, -0.25) is 4.79 Å². The number of aromatic nitrogens is 4. The number of carbonyl (C=O) groups is 1. The zero-order chi connectivity index (χ0) is 13.5. The molecule has 1 N–H and O–H groups in total. The second kappa shape index (κ2) is 4.43. The monoisotopic (exact) mass is 273 g/mol. The van der Waals surface area contributed by atoms with Crippen LogP contribution in [0, 0.1) is 0 Å². The maximum absolute atomic E-state index is 12.4. The fraction of sp³-hybridized carbons (Fsp3) is 0.538. The molecule has 1 amide bonds. The van der Waals surface area contributed by atoms with Crippen molar-refractivity contribution in [1.29, 1.82) is 0 Å². The molecule has 2 fully saturated rings. The maximum Gasteiger partial charge on any atom is 0.272 e. The van der Waals surface area contributed by atoms with Crippen molar-refractivity contribution in [2.75, 3.05) is 6.54 Å². The molecule has 2 aromatic heterocycles. The number of likely N-dealkylation sites (tertiary alicyclic amines) is 1. The van der Waals surface area contributed by atoms with Crippen LogP contribution < -0.4 is 0 Å². The van der Waals surface area contributed by atoms with E-state index in [2.05, 4.69) is 20.1 Å². The second-order valence-electron chi connectivity index (χ2n) is 5.39. The average Bonchev–Trinajstić information content (AvgIpc) is 2.97. The van der Waals surface area contributed by atoms with E-state index in [0.717, 1.165) is 31.5 Å². The van der Waals surface area contributed by atoms with Crippen LogP contribution in [0.4, 0.5) is 0 Å². The first kappa shape index (κ1) is 11.6. The standard InChI is InChI=1S/C13H15N5O2/c19-13(9-6-14-7-15-9)18-5-1-2-10(18)12-16-11(17-20-12)8-3-4-8/h6-8,10H,1-5H2,(H,14,15)/t10-/m0/s1. The zero-order valence-electron chi connectivity index (χ0n) is 11.0. The van der Waals surface area contributed by atoms with Crippen LogP contribution in [0.1, 0.15) is 59.8 Å². The lowest BCUT2D eigenvalue weighted by atomic mass is 10.2. The summed E-state index contributed by atoms with van der Waals surface area (Å²) in [7, 11) is 0. The first-order valence-electron chi connectivity index (χ1n) is 6.96. The Morgan fingerprint density at radius 2 is 2.30 bits per heavy atom. The summed E-state index contributed by atoms with van der Waals surface area (Å²) in [6, 6.07) is -0.106. The summed E-state index contributed by atoms with van der Waals surface area (Å²) in [5.41, 5.74) is 0.499. The molecule has 1 saturated carbocycles. The van der Waals surface area contributed by atoms with Gasteiger partial charge >= 0.3 is 0 Å². The Balaban J connectivity index is 1.58. The van der Waals surface area contributed by atoms with Gasteiger partial charge in [0.1, 0.15) is 11.7 Å². The van der Waals surface area contributed by atoms with Crippen LogP contribution in [0.5, 0.6) is 0 Å². The fourth-order valence-corrected chi connectivity index (χ4v) is 2.68. The third-order valence-electron chi connectivity index (χ3n) is 3.93. The number of hydrogen-bond donors (Lipinski definition) is 1. The molecule has 3 heterocycles. The Morgan fingerprint density at radius 3 is 3.05 bits per heavy atom. The van der Waals surface area contributed by atoms with Crippen LogP contribution in [0.2, 0.25) is 0 Å². The van der Waals surface area contributed by atoms with Crippen molar-refractivity contribution < 1.29 is 9.32 Å². The minimum absolute atomic E-state index is 0.0591. The second-order valence-corrected chi connectivity index (χ2v) is 5.39. The fourth-order valence-electron chi connectivity index (χ4n) is 2.68. The van der Waals surface area contributed by atoms with E-state index >= 15 is 0 Å². The zero-order valence-corrected chi connectivity index (χ0v) is 11.0. The number of nitrogens with one attached hydrogen (secondary N) is 1. The van der Waals surface area contributed by atoms with Crippen molar-refractivity contribution in [2.45, 2.75) is 37.6 Å². The number of rotatable bonds is 3. The molecule has 1 saturated heterocycles. The van der Waals surface area contributed by atoms with Gasteiger partial charge in [-0.1, -0.05) is 5.16 Å². The molecule has 0 radical (unpaired) electrons. The molecule has 104 valence electrons. The first-order valence-corrected chi connectivity index (χ1v) is 6.96. The van der Waals surface area contributed by atoms with Crippen molar-refractivity contribution in [3.05, 3.63) is 29.9 Å². The molecule has 0 spiro atoms. The summed E-state index contributed by atoms with van der Waals surface area (Å²) >= 11 is 0. The van der Waals surface area contributed by atoms with Gasteiger partial charge in [-0.2, -0.15) is 4.98 Å². The largest absolute Gasteiger partial charge is 0.341 e. The van der Waals surface area contributed by atoms with Crippen molar-refractivity contribution in [3.63, 3.8) is 0 Å². The lowest BCUT2D eigenvalue weighted by Crippen LogP contribution is -2.31. The summed E-state index contributed by atoms with van der Waals surface area (Å²) < 4.78 is 5.37. The Kier molecular flexibility index (Phi) is 2.58. The maximum atomic E-state index is 12.4. The molecule has 1 aliphatic carbocycles. The number of aromatic amines is 1. The number of nitrogens with zero attached hydrogens (tertiary/aromatic N) is 4. The van der Waals surface area contributed by atoms with Gasteiger partial charge in [0, 0.05) is 12.5 Å². The van der Waals surface area contributed by atoms with Gasteiger partial charge in [-0.25, -0.2) is 4.98 Å². The number of hydrogen-bond acceptors (Lipinski definition) is 5. The van der Waals surface area contributed by atoms with Gasteiger partial charge in [0.25, 0.3) is 5.91 Å². The minimum atomic E-state index is -0.106. The molecule has 0 unspecified atom stereocenters. The first-order chi connectivity index (χ1) is 9.83. The van der Waals surface area contributed by atoms with Crippen LogP contribution in [-0.4, -0.2) is 37.5 Å². The van der Waals surface area contributed by atoms with Gasteiger partial charge in [0.2, 0.25) is 5.89 Å². The van der Waals surface area contributed by atoms with E-state index in [-0.39, 0.29) is 11.9 Å². The van der Waals surface area contributed by atoms with Crippen molar-refractivity contribution >= 4 is 5.91 Å². The Morgan fingerprint density at radius 1 is 1.40 bits per heavy atom. The highest BCUT2D eigenvalue weighted by Gasteiger charge is 2.36. The Labute approximate surface area is 115 Å². The summed E-state index contributed by atoms with van der Waals surface area (Å²) in [6.07, 6.45) is 7.15. The Hall–Kier alpha value is -2.18. The van der Waals surface area contributed by atoms with Gasteiger partial charge in [-0.15, -0.1) is 0 Å². The van der Waals surface area contributed by atoms with E-state index < -0.39 is 0 Å². The van der Waals surface area contributed by atoms with Crippen molar-refractivity contribution in [2.24, 2.45) is 0 Å². The SMILES string of the molecule is O=C(c1cnc[nH]1)N1CCC[C@H]1c1nc(C2CC2)no1. The van der Waals surface area contributed by atoms with E-state index in [0.29, 0.717) is 24.0 Å². The minimum Gasteiger partial charge on any atom is -0.341 e. The third kappa shape index (κ3) is 1.90. The number of carbonyl (C=O) groups excluding carboxylic acids is 1. The van der Waals surface area contributed by atoms with Gasteiger partial charge in [0.05, 0.1) is 12.5 Å². The number of H-pyrrole nitrogens is 1. The molecule has 2 aliphatic rings. The highest BCUT2D eigenvalue weighted by atomic mass is 16.5. The predicted octanol–water partition coefficient (Wildman–Crippen LogP) is 1.65. The molecule has 4 rings (SSSR count). The van der Waals surface area contributed by atoms with Crippen LogP contribution in [0.25, 0.3) is 0 Å². The summed E-state index contributed by atoms with van der Waals surface area (Å²) in [4.78, 5) is 25.4. The van der Waals surface area contributed by atoms with E-state index in [1.807, 2.05) is 0 Å². The lowest BCUT2D eigenvalue weighted by Gasteiger charge is -2.20. The summed E-state index contributed by atoms with van der Waals surface area (Å²) in [5, 5.41) is 4.04. The molecule has 7 heteroatoms. The predicted molar refractivity (Wildman–Crippen MR) is 67.9 cm³/mol. The topological polar surface area (TPSA) is 87.9 Å². The van der Waals surface area contributed by atoms with Gasteiger partial charge in [0.15, 0.2) is 5.82 Å². The molecule has 2 aromatic rings. The van der Waals surface area contributed by atoms with E-state index in [9.17, 15) is 4.79 Å². The van der Waals surface area contributed by atoms with E-state index in [4.69, 9.17) is 4.52 Å². The van der Waals surface area contributed by atoms with Crippen LogP contribution in [0.3, 0.4) is 0 Å². The smallest absolute Gasteiger partial charge is 0.272 e. The number of amides is 1. The van der Waals surface area contributed by atoms with Crippen molar-refractivity contribution in [1.82, 2.24) is 25.0 Å². The van der Waals surface area contributed by atoms with Crippen molar-refractivity contribution in [3.8, 4) is 0 Å². The molecule has 0 aromatic carbocycles. The highest BCUT2D eigenvalue weighted by Crippen LogP contribution is 2.39. The van der Waals surface area contributed by atoms with Crippen LogP contribution in [-0.2, 0) is 0 Å². The van der Waals surface area contributed by atoms with Crippen LogP contribution >= 0.6 is 0 Å². The quantitative estimate of drug-likeness (QED) is 0.918. The van der Waals surface area contributed by atoms with Gasteiger partial charge < -0.3 is 14.4 Å². The molecule has 7 nitrogen and oxygen atoms in total. The molecule has 1 aliphatic heterocycles. The molecule has 0 bridgehead atoms. The lowest BCUT2D eigenvalue weighted by molar-refractivity contribution is 0.0704. The summed E-state index contributed by atoms with van der Waals surface area (Å²) in [5.74, 6) is 1.76. The van der Waals surface area contributed by atoms with E-state index in [1.54, 1.807) is 11.1 Å². The summed E-state index contributed by atoms with van der Waals surface area (Å²) in [6.45, 7) is 0.712. The van der Waals surface area contributed by atoms with Gasteiger partial charge in [-0.05, 0) is 25.7 Å². The Bertz CT molecular complexity index is 617. The third-order valence-corrected chi connectivity index (χ3v) is 3.93. The highest BCUT2D eigenvalue weighted by molar-refractivity contribution is 5.92. The molecular formula is C13H15N5O2. The normalized spacial score (nSPS) is 22.4. The van der Waals surface area contributed by atoms with E-state index in [1.165, 1.54) is 6.33 Å². The average molecular weight is 273 g/mol. The molecule has 20 heavy (non-hydrogen) atoms. The van der Waals surface area contributed by atoms with Crippen LogP contribution in [0.15, 0.2) is 17.0 Å².